The SMILES string of the molecule is CCOc1ccccc1C1(N)CCCC(CC(C)C)C1. The molecule has 2 heteroatoms. The average Bonchev–Trinajstić information content (AvgIpc) is 2.39. The summed E-state index contributed by atoms with van der Waals surface area (Å²) in [4.78, 5) is 0. The molecule has 2 nitrogen and oxygen atoms in total. The van der Waals surface area contributed by atoms with Gasteiger partial charge in [0.05, 0.1) is 6.61 Å². The number of rotatable bonds is 5. The van der Waals surface area contributed by atoms with Crippen molar-refractivity contribution in [3.8, 4) is 5.75 Å². The topological polar surface area (TPSA) is 35.2 Å². The first-order chi connectivity index (χ1) is 9.55. The molecule has 112 valence electrons. The Kier molecular flexibility index (Phi) is 5.09. The van der Waals surface area contributed by atoms with Crippen LogP contribution in [-0.4, -0.2) is 6.61 Å². The Morgan fingerprint density at radius 2 is 2.10 bits per heavy atom. The Bertz CT molecular complexity index is 429. The number of ether oxygens (including phenoxy) is 1. The molecule has 2 rings (SSSR count). The van der Waals surface area contributed by atoms with E-state index in [1.165, 1.54) is 24.8 Å². The van der Waals surface area contributed by atoms with E-state index in [0.29, 0.717) is 6.61 Å². The summed E-state index contributed by atoms with van der Waals surface area (Å²) in [6.45, 7) is 7.34. The van der Waals surface area contributed by atoms with Crippen molar-refractivity contribution in [1.82, 2.24) is 0 Å². The van der Waals surface area contributed by atoms with Gasteiger partial charge >= 0.3 is 0 Å². The average molecular weight is 275 g/mol. The van der Waals surface area contributed by atoms with E-state index in [0.717, 1.165) is 30.4 Å². The van der Waals surface area contributed by atoms with Gasteiger partial charge in [0.15, 0.2) is 0 Å². The van der Waals surface area contributed by atoms with E-state index in [1.54, 1.807) is 0 Å². The fraction of sp³-hybridized carbons (Fsp3) is 0.667. The second kappa shape index (κ2) is 6.62. The van der Waals surface area contributed by atoms with Gasteiger partial charge in [-0.2, -0.15) is 0 Å². The molecule has 1 aliphatic rings. The Morgan fingerprint density at radius 1 is 1.35 bits per heavy atom. The zero-order valence-electron chi connectivity index (χ0n) is 13.2. The molecular formula is C18H29NO. The van der Waals surface area contributed by atoms with E-state index in [2.05, 4.69) is 32.0 Å². The molecule has 0 aromatic heterocycles. The van der Waals surface area contributed by atoms with Crippen molar-refractivity contribution in [2.24, 2.45) is 17.6 Å². The predicted octanol–water partition coefficient (Wildman–Crippen LogP) is 4.48. The summed E-state index contributed by atoms with van der Waals surface area (Å²) in [6, 6.07) is 8.33. The first kappa shape index (κ1) is 15.4. The lowest BCUT2D eigenvalue weighted by molar-refractivity contribution is 0.196. The van der Waals surface area contributed by atoms with E-state index in [9.17, 15) is 0 Å². The van der Waals surface area contributed by atoms with Crippen LogP contribution in [0.3, 0.4) is 0 Å². The van der Waals surface area contributed by atoms with Gasteiger partial charge in [-0.25, -0.2) is 0 Å². The zero-order valence-corrected chi connectivity index (χ0v) is 13.2. The van der Waals surface area contributed by atoms with Gasteiger partial charge in [0.25, 0.3) is 0 Å². The maximum atomic E-state index is 6.80. The van der Waals surface area contributed by atoms with E-state index in [1.807, 2.05) is 13.0 Å². The fourth-order valence-electron chi connectivity index (χ4n) is 3.70. The molecule has 0 aliphatic heterocycles. The van der Waals surface area contributed by atoms with Crippen molar-refractivity contribution in [3.63, 3.8) is 0 Å². The Morgan fingerprint density at radius 3 is 2.80 bits per heavy atom. The molecule has 0 saturated heterocycles. The van der Waals surface area contributed by atoms with Crippen LogP contribution < -0.4 is 10.5 Å². The van der Waals surface area contributed by atoms with E-state index in [4.69, 9.17) is 10.5 Å². The summed E-state index contributed by atoms with van der Waals surface area (Å²) < 4.78 is 5.79. The number of hydrogen-bond acceptors (Lipinski definition) is 2. The monoisotopic (exact) mass is 275 g/mol. The van der Waals surface area contributed by atoms with E-state index < -0.39 is 0 Å². The molecule has 1 aliphatic carbocycles. The van der Waals surface area contributed by atoms with Crippen molar-refractivity contribution in [2.45, 2.75) is 58.4 Å². The fourth-order valence-corrected chi connectivity index (χ4v) is 3.70. The van der Waals surface area contributed by atoms with Crippen LogP contribution in [0, 0.1) is 11.8 Å². The molecule has 0 heterocycles. The summed E-state index contributed by atoms with van der Waals surface area (Å²) >= 11 is 0. The summed E-state index contributed by atoms with van der Waals surface area (Å²) in [5.41, 5.74) is 7.80. The molecule has 1 aromatic rings. The van der Waals surface area contributed by atoms with Gasteiger partial charge in [-0.1, -0.05) is 44.9 Å². The van der Waals surface area contributed by atoms with Crippen molar-refractivity contribution >= 4 is 0 Å². The van der Waals surface area contributed by atoms with Crippen molar-refractivity contribution < 1.29 is 4.74 Å². The number of benzene rings is 1. The standard InChI is InChI=1S/C18H29NO/c1-4-20-17-10-6-5-9-16(17)18(19)11-7-8-15(13-18)12-14(2)3/h5-6,9-10,14-15H,4,7-8,11-13,19H2,1-3H3. The molecule has 1 aromatic carbocycles. The van der Waals surface area contributed by atoms with Gasteiger partial charge in [0.2, 0.25) is 0 Å². The first-order valence-electron chi connectivity index (χ1n) is 8.06. The highest BCUT2D eigenvalue weighted by molar-refractivity contribution is 5.39. The molecule has 20 heavy (non-hydrogen) atoms. The lowest BCUT2D eigenvalue weighted by Crippen LogP contribution is -2.42. The Hall–Kier alpha value is -1.02. The van der Waals surface area contributed by atoms with Gasteiger partial charge in [0, 0.05) is 11.1 Å². The summed E-state index contributed by atoms with van der Waals surface area (Å²) in [7, 11) is 0. The van der Waals surface area contributed by atoms with E-state index in [-0.39, 0.29) is 5.54 Å². The van der Waals surface area contributed by atoms with Crippen LogP contribution in [-0.2, 0) is 5.54 Å². The highest BCUT2D eigenvalue weighted by Gasteiger charge is 2.36. The molecular weight excluding hydrogens is 246 g/mol. The van der Waals surface area contributed by atoms with Gasteiger partial charge in [-0.05, 0) is 44.1 Å². The summed E-state index contributed by atoms with van der Waals surface area (Å²) in [6.07, 6.45) is 6.01. The number of para-hydroxylation sites is 1. The third kappa shape index (κ3) is 3.54. The molecule has 0 spiro atoms. The minimum absolute atomic E-state index is 0.205. The smallest absolute Gasteiger partial charge is 0.124 e. The minimum Gasteiger partial charge on any atom is -0.494 e. The highest BCUT2D eigenvalue weighted by Crippen LogP contribution is 2.43. The highest BCUT2D eigenvalue weighted by atomic mass is 16.5. The summed E-state index contributed by atoms with van der Waals surface area (Å²) in [5.74, 6) is 2.48. The van der Waals surface area contributed by atoms with Gasteiger partial charge < -0.3 is 10.5 Å². The third-order valence-electron chi connectivity index (χ3n) is 4.42. The maximum Gasteiger partial charge on any atom is 0.124 e. The van der Waals surface area contributed by atoms with Crippen LogP contribution in [0.2, 0.25) is 0 Å². The molecule has 0 radical (unpaired) electrons. The van der Waals surface area contributed by atoms with Crippen molar-refractivity contribution in [3.05, 3.63) is 29.8 Å². The van der Waals surface area contributed by atoms with E-state index >= 15 is 0 Å². The zero-order chi connectivity index (χ0) is 14.6. The Labute approximate surface area is 123 Å². The Balaban J connectivity index is 2.21. The first-order valence-corrected chi connectivity index (χ1v) is 8.06. The summed E-state index contributed by atoms with van der Waals surface area (Å²) in [5, 5.41) is 0. The molecule has 0 bridgehead atoms. The van der Waals surface area contributed by atoms with Gasteiger partial charge in [-0.3, -0.25) is 0 Å². The third-order valence-corrected chi connectivity index (χ3v) is 4.42. The molecule has 2 N–H and O–H groups in total. The van der Waals surface area contributed by atoms with Gasteiger partial charge in [0.1, 0.15) is 5.75 Å². The molecule has 2 unspecified atom stereocenters. The predicted molar refractivity (Wildman–Crippen MR) is 84.9 cm³/mol. The molecule has 0 amide bonds. The quantitative estimate of drug-likeness (QED) is 0.860. The van der Waals surface area contributed by atoms with Crippen LogP contribution in [0.25, 0.3) is 0 Å². The van der Waals surface area contributed by atoms with Gasteiger partial charge in [-0.15, -0.1) is 0 Å². The van der Waals surface area contributed by atoms with Crippen molar-refractivity contribution in [1.29, 1.82) is 0 Å². The largest absolute Gasteiger partial charge is 0.494 e. The molecule has 1 fully saturated rings. The van der Waals surface area contributed by atoms with Crippen LogP contribution in [0.5, 0.6) is 5.75 Å². The van der Waals surface area contributed by atoms with Crippen LogP contribution in [0.15, 0.2) is 24.3 Å². The second-order valence-corrected chi connectivity index (χ2v) is 6.68. The normalized spacial score (nSPS) is 26.8. The lowest BCUT2D eigenvalue weighted by atomic mass is 9.70. The second-order valence-electron chi connectivity index (χ2n) is 6.68. The number of hydrogen-bond donors (Lipinski definition) is 1. The van der Waals surface area contributed by atoms with Crippen LogP contribution in [0.4, 0.5) is 0 Å². The van der Waals surface area contributed by atoms with Crippen molar-refractivity contribution in [2.75, 3.05) is 6.61 Å². The maximum absolute atomic E-state index is 6.80. The minimum atomic E-state index is -0.205. The molecule has 1 saturated carbocycles. The van der Waals surface area contributed by atoms with Crippen LogP contribution in [0.1, 0.15) is 58.4 Å². The lowest BCUT2D eigenvalue weighted by Gasteiger charge is -2.39. The molecule has 2 atom stereocenters. The van der Waals surface area contributed by atoms with Crippen LogP contribution >= 0.6 is 0 Å². The number of nitrogens with two attached hydrogens (primary N) is 1.